The largest absolute Gasteiger partial charge is 0.465 e. The number of azide groups is 1. The highest BCUT2D eigenvalue weighted by atomic mass is 127. The van der Waals surface area contributed by atoms with Gasteiger partial charge >= 0.3 is 5.97 Å². The molecule has 0 aromatic rings. The van der Waals surface area contributed by atoms with Crippen LogP contribution in [0, 0.1) is 0 Å². The van der Waals surface area contributed by atoms with E-state index in [1.165, 1.54) is 0 Å². The van der Waals surface area contributed by atoms with Crippen LogP contribution < -0.4 is 3.53 Å². The van der Waals surface area contributed by atoms with Crippen LogP contribution in [-0.2, 0) is 9.53 Å². The zero-order valence-corrected chi connectivity index (χ0v) is 8.69. The maximum absolute atomic E-state index is 11.0. The second-order valence-corrected chi connectivity index (χ2v) is 2.45. The number of rotatable bonds is 5. The monoisotopic (exact) mass is 284 g/mol. The molecule has 0 aromatic carbocycles. The first kappa shape index (κ1) is 11.5. The molecular weight excluding hydrogens is 275 g/mol. The van der Waals surface area contributed by atoms with Crippen LogP contribution in [0.1, 0.15) is 6.92 Å². The maximum atomic E-state index is 11.0. The number of ether oxygens (including phenoxy) is 1. The summed E-state index contributed by atoms with van der Waals surface area (Å²) in [5.74, 6) is -0.403. The first-order chi connectivity index (χ1) is 5.76. The average molecular weight is 284 g/mol. The minimum absolute atomic E-state index is 0.0677. The molecule has 0 bridgehead atoms. The Balaban J connectivity index is 3.95. The molecule has 7 heteroatoms. The summed E-state index contributed by atoms with van der Waals surface area (Å²) in [6.45, 7) is 2.11. The lowest BCUT2D eigenvalue weighted by atomic mass is 10.3. The molecule has 0 aromatic heterocycles. The van der Waals surface area contributed by atoms with Crippen molar-refractivity contribution in [2.24, 2.45) is 5.11 Å². The molecule has 68 valence electrons. The summed E-state index contributed by atoms with van der Waals surface area (Å²) in [6.07, 6.45) is 0. The Morgan fingerprint density at radius 1 is 1.92 bits per heavy atom. The molecule has 1 unspecified atom stereocenters. The van der Waals surface area contributed by atoms with Gasteiger partial charge in [-0.05, 0) is 12.5 Å². The topological polar surface area (TPSA) is 87.1 Å². The zero-order valence-electron chi connectivity index (χ0n) is 6.53. The Morgan fingerprint density at radius 2 is 2.58 bits per heavy atom. The lowest BCUT2D eigenvalue weighted by molar-refractivity contribution is -0.144. The first-order valence-electron chi connectivity index (χ1n) is 3.29. The predicted molar refractivity (Wildman–Crippen MR) is 51.6 cm³/mol. The molecule has 0 aliphatic heterocycles. The van der Waals surface area contributed by atoms with Gasteiger partial charge in [0.25, 0.3) is 0 Å². The number of nitrogens with one attached hydrogen (secondary N) is 1. The molecule has 0 aliphatic rings. The molecule has 0 saturated carbocycles. The third-order valence-corrected chi connectivity index (χ3v) is 1.78. The van der Waals surface area contributed by atoms with Crippen molar-refractivity contribution >= 4 is 28.8 Å². The Hall–Kier alpha value is -0.530. The van der Waals surface area contributed by atoms with Crippen LogP contribution in [-0.4, -0.2) is 25.2 Å². The van der Waals surface area contributed by atoms with Crippen LogP contribution in [0.5, 0.6) is 0 Å². The Kier molecular flexibility index (Phi) is 6.82. The van der Waals surface area contributed by atoms with E-state index in [9.17, 15) is 4.79 Å². The number of halogens is 1. The Bertz CT molecular complexity index is 192. The molecule has 0 aliphatic carbocycles. The highest BCUT2D eigenvalue weighted by Crippen LogP contribution is 1.93. The van der Waals surface area contributed by atoms with Gasteiger partial charge in [-0.1, -0.05) is 5.11 Å². The van der Waals surface area contributed by atoms with Gasteiger partial charge in [0.15, 0.2) is 0 Å². The van der Waals surface area contributed by atoms with E-state index < -0.39 is 12.0 Å². The van der Waals surface area contributed by atoms with Crippen LogP contribution in [0.25, 0.3) is 10.4 Å². The summed E-state index contributed by atoms with van der Waals surface area (Å²) in [6, 6.07) is -0.554. The SMILES string of the molecule is CCOC(=O)C(CN=[N+]=[N-])NI. The van der Waals surface area contributed by atoms with Crippen molar-refractivity contribution in [1.82, 2.24) is 3.53 Å². The molecule has 0 amide bonds. The molecule has 12 heavy (non-hydrogen) atoms. The normalized spacial score (nSPS) is 11.5. The standard InChI is InChI=1S/C5H9IN4O2/c1-2-12-5(11)4(9-6)3-8-10-7/h4,9H,2-3H2,1H3. The fourth-order valence-corrected chi connectivity index (χ4v) is 0.966. The maximum Gasteiger partial charge on any atom is 0.323 e. The summed E-state index contributed by atoms with van der Waals surface area (Å²) in [5.41, 5.74) is 8.00. The van der Waals surface area contributed by atoms with E-state index in [0.29, 0.717) is 6.61 Å². The zero-order chi connectivity index (χ0) is 9.40. The molecule has 0 fully saturated rings. The molecule has 0 rings (SSSR count). The first-order valence-corrected chi connectivity index (χ1v) is 4.37. The summed E-state index contributed by atoms with van der Waals surface area (Å²) in [7, 11) is 0. The fourth-order valence-electron chi connectivity index (χ4n) is 0.515. The van der Waals surface area contributed by atoms with Crippen molar-refractivity contribution in [3.05, 3.63) is 10.4 Å². The van der Waals surface area contributed by atoms with Crippen LogP contribution in [0.4, 0.5) is 0 Å². The quantitative estimate of drug-likeness (QED) is 0.205. The second-order valence-electron chi connectivity index (χ2n) is 1.83. The molecule has 0 radical (unpaired) electrons. The van der Waals surface area contributed by atoms with E-state index >= 15 is 0 Å². The van der Waals surface area contributed by atoms with Gasteiger partial charge < -0.3 is 4.74 Å². The van der Waals surface area contributed by atoms with Gasteiger partial charge in [0, 0.05) is 27.8 Å². The van der Waals surface area contributed by atoms with Gasteiger partial charge in [0.05, 0.1) is 13.2 Å². The molecule has 0 spiro atoms. The summed E-state index contributed by atoms with van der Waals surface area (Å²) < 4.78 is 7.35. The van der Waals surface area contributed by atoms with Gasteiger partial charge in [-0.25, -0.2) is 3.53 Å². The van der Waals surface area contributed by atoms with Crippen molar-refractivity contribution in [3.8, 4) is 0 Å². The highest BCUT2D eigenvalue weighted by Gasteiger charge is 2.16. The molecule has 0 heterocycles. The van der Waals surface area contributed by atoms with E-state index in [2.05, 4.69) is 13.6 Å². The molecule has 1 N–H and O–H groups in total. The molecule has 6 nitrogen and oxygen atoms in total. The van der Waals surface area contributed by atoms with Crippen LogP contribution in [0.3, 0.4) is 0 Å². The van der Waals surface area contributed by atoms with Crippen molar-refractivity contribution < 1.29 is 9.53 Å². The van der Waals surface area contributed by atoms with Crippen molar-refractivity contribution in [3.63, 3.8) is 0 Å². The van der Waals surface area contributed by atoms with Crippen LogP contribution in [0.15, 0.2) is 5.11 Å². The van der Waals surface area contributed by atoms with E-state index in [1.807, 2.05) is 22.9 Å². The minimum Gasteiger partial charge on any atom is -0.465 e. The van der Waals surface area contributed by atoms with Gasteiger partial charge in [0.1, 0.15) is 6.04 Å². The smallest absolute Gasteiger partial charge is 0.323 e. The van der Waals surface area contributed by atoms with Gasteiger partial charge in [-0.15, -0.1) is 0 Å². The van der Waals surface area contributed by atoms with Gasteiger partial charge in [0.2, 0.25) is 0 Å². The number of carbonyl (C=O) groups is 1. The van der Waals surface area contributed by atoms with Crippen molar-refractivity contribution in [2.45, 2.75) is 13.0 Å². The average Bonchev–Trinajstić information content (AvgIpc) is 2.06. The summed E-state index contributed by atoms with van der Waals surface area (Å²) in [4.78, 5) is 13.5. The van der Waals surface area contributed by atoms with Gasteiger partial charge in [-0.3, -0.25) is 4.79 Å². The number of hydrogen-bond donors (Lipinski definition) is 1. The Morgan fingerprint density at radius 3 is 3.00 bits per heavy atom. The van der Waals surface area contributed by atoms with E-state index in [-0.39, 0.29) is 6.54 Å². The van der Waals surface area contributed by atoms with E-state index in [4.69, 9.17) is 10.3 Å². The molecular formula is C5H9IN4O2. The Labute approximate surface area is 83.8 Å². The van der Waals surface area contributed by atoms with Crippen molar-refractivity contribution in [1.29, 1.82) is 0 Å². The number of nitrogens with zero attached hydrogens (tertiary/aromatic N) is 3. The third-order valence-electron chi connectivity index (χ3n) is 1.03. The predicted octanol–water partition coefficient (Wildman–Crippen LogP) is 1.17. The van der Waals surface area contributed by atoms with Gasteiger partial charge in [-0.2, -0.15) is 0 Å². The van der Waals surface area contributed by atoms with Crippen LogP contribution >= 0.6 is 22.9 Å². The van der Waals surface area contributed by atoms with Crippen LogP contribution in [0.2, 0.25) is 0 Å². The van der Waals surface area contributed by atoms with E-state index in [0.717, 1.165) is 0 Å². The minimum atomic E-state index is -0.554. The fraction of sp³-hybridized carbons (Fsp3) is 0.800. The van der Waals surface area contributed by atoms with E-state index in [1.54, 1.807) is 6.92 Å². The summed E-state index contributed by atoms with van der Waals surface area (Å²) >= 11 is 1.81. The lowest BCUT2D eigenvalue weighted by Crippen LogP contribution is -2.34. The highest BCUT2D eigenvalue weighted by molar-refractivity contribution is 14.1. The number of hydrogen-bond acceptors (Lipinski definition) is 4. The number of esters is 1. The lowest BCUT2D eigenvalue weighted by Gasteiger charge is -2.09. The third kappa shape index (κ3) is 4.37. The summed E-state index contributed by atoms with van der Waals surface area (Å²) in [5, 5.41) is 3.26. The van der Waals surface area contributed by atoms with Crippen molar-refractivity contribution in [2.75, 3.05) is 13.2 Å². The molecule has 0 saturated heterocycles. The number of carbonyl (C=O) groups excluding carboxylic acids is 1. The molecule has 1 atom stereocenters. The second kappa shape index (κ2) is 7.14.